The van der Waals surface area contributed by atoms with Crippen LogP contribution < -0.4 is 11.1 Å². The molecule has 1 rings (SSSR count). The summed E-state index contributed by atoms with van der Waals surface area (Å²) in [5, 5.41) is 2.86. The molecule has 122 valence electrons. The van der Waals surface area contributed by atoms with Crippen molar-refractivity contribution in [3.63, 3.8) is 0 Å². The summed E-state index contributed by atoms with van der Waals surface area (Å²) >= 11 is 0. The van der Waals surface area contributed by atoms with E-state index in [2.05, 4.69) is 19.2 Å². The third-order valence-electron chi connectivity index (χ3n) is 4.21. The van der Waals surface area contributed by atoms with Crippen LogP contribution in [0.2, 0.25) is 0 Å². The SMILES string of the molecule is CC(=O)NCC1CCN(C(=O)C[C@@H](CN)CC(C)C)CC1. The minimum atomic E-state index is 0.0213. The number of nitrogens with two attached hydrogens (primary N) is 1. The molecule has 5 heteroatoms. The van der Waals surface area contributed by atoms with Crippen LogP contribution >= 0.6 is 0 Å². The lowest BCUT2D eigenvalue weighted by Crippen LogP contribution is -2.42. The summed E-state index contributed by atoms with van der Waals surface area (Å²) in [7, 11) is 0. The van der Waals surface area contributed by atoms with Gasteiger partial charge in [-0.15, -0.1) is 0 Å². The van der Waals surface area contributed by atoms with Gasteiger partial charge in [-0.05, 0) is 43.6 Å². The number of rotatable bonds is 7. The van der Waals surface area contributed by atoms with E-state index in [0.717, 1.165) is 38.9 Å². The molecule has 1 saturated heterocycles. The van der Waals surface area contributed by atoms with Gasteiger partial charge in [0.25, 0.3) is 0 Å². The molecule has 21 heavy (non-hydrogen) atoms. The fraction of sp³-hybridized carbons (Fsp3) is 0.875. The van der Waals surface area contributed by atoms with E-state index in [4.69, 9.17) is 5.73 Å². The number of carbonyl (C=O) groups excluding carboxylic acids is 2. The number of nitrogens with one attached hydrogen (secondary N) is 1. The molecule has 0 saturated carbocycles. The molecule has 1 atom stereocenters. The highest BCUT2D eigenvalue weighted by atomic mass is 16.2. The Bertz CT molecular complexity index is 336. The van der Waals surface area contributed by atoms with Gasteiger partial charge in [0.15, 0.2) is 0 Å². The van der Waals surface area contributed by atoms with Gasteiger partial charge in [0.2, 0.25) is 11.8 Å². The van der Waals surface area contributed by atoms with Crippen molar-refractivity contribution in [1.29, 1.82) is 0 Å². The number of carbonyl (C=O) groups is 2. The fourth-order valence-corrected chi connectivity index (χ4v) is 2.98. The molecule has 0 aromatic heterocycles. The first-order valence-corrected chi connectivity index (χ1v) is 8.14. The summed E-state index contributed by atoms with van der Waals surface area (Å²) in [5.41, 5.74) is 5.78. The molecule has 0 unspecified atom stereocenters. The van der Waals surface area contributed by atoms with Crippen molar-refractivity contribution in [2.45, 2.75) is 46.5 Å². The van der Waals surface area contributed by atoms with Crippen LogP contribution in [0.3, 0.4) is 0 Å². The highest BCUT2D eigenvalue weighted by Crippen LogP contribution is 2.20. The molecule has 0 aliphatic carbocycles. The Morgan fingerprint density at radius 2 is 1.90 bits per heavy atom. The molecule has 0 aromatic carbocycles. The van der Waals surface area contributed by atoms with Gasteiger partial charge in [0, 0.05) is 33.0 Å². The van der Waals surface area contributed by atoms with Gasteiger partial charge in [0.1, 0.15) is 0 Å². The van der Waals surface area contributed by atoms with Gasteiger partial charge in [-0.1, -0.05) is 13.8 Å². The maximum absolute atomic E-state index is 12.3. The van der Waals surface area contributed by atoms with Crippen LogP contribution in [0.25, 0.3) is 0 Å². The predicted octanol–water partition coefficient (Wildman–Crippen LogP) is 1.37. The van der Waals surface area contributed by atoms with Crippen LogP contribution in [-0.4, -0.2) is 42.9 Å². The number of nitrogens with zero attached hydrogens (tertiary/aromatic N) is 1. The van der Waals surface area contributed by atoms with Gasteiger partial charge in [-0.3, -0.25) is 9.59 Å². The van der Waals surface area contributed by atoms with E-state index in [-0.39, 0.29) is 11.8 Å². The molecule has 1 fully saturated rings. The number of hydrogen-bond acceptors (Lipinski definition) is 3. The van der Waals surface area contributed by atoms with Crippen molar-refractivity contribution >= 4 is 11.8 Å². The fourth-order valence-electron chi connectivity index (χ4n) is 2.98. The Kier molecular flexibility index (Phi) is 7.72. The molecule has 0 radical (unpaired) electrons. The normalized spacial score (nSPS) is 17.9. The van der Waals surface area contributed by atoms with Gasteiger partial charge >= 0.3 is 0 Å². The van der Waals surface area contributed by atoms with Crippen LogP contribution in [0.1, 0.15) is 46.5 Å². The molecule has 1 heterocycles. The molecule has 3 N–H and O–H groups in total. The molecule has 2 amide bonds. The van der Waals surface area contributed by atoms with Gasteiger partial charge in [-0.25, -0.2) is 0 Å². The standard InChI is InChI=1S/C16H31N3O2/c1-12(2)8-15(10-17)9-16(21)19-6-4-14(5-7-19)11-18-13(3)20/h12,14-15H,4-11,17H2,1-3H3,(H,18,20)/t15-/m0/s1. The average molecular weight is 297 g/mol. The van der Waals surface area contributed by atoms with E-state index in [1.165, 1.54) is 0 Å². The highest BCUT2D eigenvalue weighted by Gasteiger charge is 2.24. The van der Waals surface area contributed by atoms with E-state index >= 15 is 0 Å². The van der Waals surface area contributed by atoms with Crippen LogP contribution in [0.5, 0.6) is 0 Å². The molecular formula is C16H31N3O2. The number of piperidine rings is 1. The summed E-state index contributed by atoms with van der Waals surface area (Å²) < 4.78 is 0. The Morgan fingerprint density at radius 3 is 2.38 bits per heavy atom. The Balaban J connectivity index is 2.32. The second-order valence-electron chi connectivity index (χ2n) is 6.70. The summed E-state index contributed by atoms with van der Waals surface area (Å²) in [6, 6.07) is 0. The first-order chi connectivity index (χ1) is 9.92. The van der Waals surface area contributed by atoms with Crippen molar-refractivity contribution in [3.8, 4) is 0 Å². The first kappa shape index (κ1) is 18.0. The molecule has 1 aliphatic rings. The zero-order valence-electron chi connectivity index (χ0n) is 13.7. The van der Waals surface area contributed by atoms with Crippen LogP contribution in [-0.2, 0) is 9.59 Å². The van der Waals surface area contributed by atoms with Gasteiger partial charge in [0.05, 0.1) is 0 Å². The van der Waals surface area contributed by atoms with Crippen molar-refractivity contribution in [2.24, 2.45) is 23.5 Å². The van der Waals surface area contributed by atoms with E-state index in [0.29, 0.717) is 30.7 Å². The van der Waals surface area contributed by atoms with Crippen LogP contribution in [0, 0.1) is 17.8 Å². The number of amides is 2. The van der Waals surface area contributed by atoms with E-state index in [1.807, 2.05) is 4.90 Å². The summed E-state index contributed by atoms with van der Waals surface area (Å²) in [5.74, 6) is 1.64. The first-order valence-electron chi connectivity index (χ1n) is 8.14. The molecule has 0 aromatic rings. The predicted molar refractivity (Wildman–Crippen MR) is 84.6 cm³/mol. The summed E-state index contributed by atoms with van der Waals surface area (Å²) in [4.78, 5) is 25.2. The molecule has 5 nitrogen and oxygen atoms in total. The molecule has 1 aliphatic heterocycles. The van der Waals surface area contributed by atoms with Crippen LogP contribution in [0.4, 0.5) is 0 Å². The second kappa shape index (κ2) is 9.03. The van der Waals surface area contributed by atoms with E-state index < -0.39 is 0 Å². The van der Waals surface area contributed by atoms with Crippen molar-refractivity contribution in [2.75, 3.05) is 26.2 Å². The van der Waals surface area contributed by atoms with Crippen molar-refractivity contribution in [3.05, 3.63) is 0 Å². The molecule has 0 spiro atoms. The largest absolute Gasteiger partial charge is 0.356 e. The Labute approximate surface area is 128 Å². The van der Waals surface area contributed by atoms with Crippen LogP contribution in [0.15, 0.2) is 0 Å². The van der Waals surface area contributed by atoms with Gasteiger partial charge in [-0.2, -0.15) is 0 Å². The maximum atomic E-state index is 12.3. The minimum absolute atomic E-state index is 0.0213. The quantitative estimate of drug-likeness (QED) is 0.745. The van der Waals surface area contributed by atoms with Gasteiger partial charge < -0.3 is 16.0 Å². The number of hydrogen-bond donors (Lipinski definition) is 2. The van der Waals surface area contributed by atoms with E-state index in [1.54, 1.807) is 6.92 Å². The topological polar surface area (TPSA) is 75.4 Å². The lowest BCUT2D eigenvalue weighted by Gasteiger charge is -2.33. The zero-order chi connectivity index (χ0) is 15.8. The molecule has 0 bridgehead atoms. The third kappa shape index (κ3) is 6.93. The average Bonchev–Trinajstić information content (AvgIpc) is 2.44. The summed E-state index contributed by atoms with van der Waals surface area (Å²) in [6.45, 7) is 8.81. The highest BCUT2D eigenvalue weighted by molar-refractivity contribution is 5.76. The smallest absolute Gasteiger partial charge is 0.222 e. The minimum Gasteiger partial charge on any atom is -0.356 e. The maximum Gasteiger partial charge on any atom is 0.222 e. The second-order valence-corrected chi connectivity index (χ2v) is 6.70. The number of likely N-dealkylation sites (tertiary alicyclic amines) is 1. The Morgan fingerprint density at radius 1 is 1.29 bits per heavy atom. The van der Waals surface area contributed by atoms with E-state index in [9.17, 15) is 9.59 Å². The third-order valence-corrected chi connectivity index (χ3v) is 4.21. The summed E-state index contributed by atoms with van der Waals surface area (Å²) in [6.07, 6.45) is 3.54. The zero-order valence-corrected chi connectivity index (χ0v) is 13.7. The Hall–Kier alpha value is -1.10. The lowest BCUT2D eigenvalue weighted by atomic mass is 9.92. The van der Waals surface area contributed by atoms with Crippen molar-refractivity contribution in [1.82, 2.24) is 10.2 Å². The molecular weight excluding hydrogens is 266 g/mol. The lowest BCUT2D eigenvalue weighted by molar-refractivity contribution is -0.133. The van der Waals surface area contributed by atoms with Crippen molar-refractivity contribution < 1.29 is 9.59 Å². The monoisotopic (exact) mass is 297 g/mol.